The number of hydrogen-bond donors (Lipinski definition) is 2. The van der Waals surface area contributed by atoms with Crippen molar-refractivity contribution < 1.29 is 0 Å². The molecule has 1 saturated heterocycles. The van der Waals surface area contributed by atoms with Crippen LogP contribution in [0.15, 0.2) is 18.5 Å². The first-order chi connectivity index (χ1) is 9.24. The van der Waals surface area contributed by atoms with Gasteiger partial charge in [-0.2, -0.15) is 5.10 Å². The van der Waals surface area contributed by atoms with Crippen LogP contribution in [-0.2, 0) is 0 Å². The van der Waals surface area contributed by atoms with Gasteiger partial charge in [0.15, 0.2) is 5.82 Å². The molecule has 3 heterocycles. The van der Waals surface area contributed by atoms with Crippen molar-refractivity contribution in [2.24, 2.45) is 5.92 Å². The molecule has 1 aliphatic heterocycles. The number of rotatable bonds is 4. The summed E-state index contributed by atoms with van der Waals surface area (Å²) in [4.78, 5) is 4.45. The van der Waals surface area contributed by atoms with Gasteiger partial charge < -0.3 is 10.6 Å². The van der Waals surface area contributed by atoms with Crippen molar-refractivity contribution in [1.82, 2.24) is 19.9 Å². The molecule has 0 amide bonds. The third-order valence-corrected chi connectivity index (χ3v) is 3.72. The van der Waals surface area contributed by atoms with Crippen molar-refractivity contribution in [3.05, 3.63) is 24.2 Å². The second kappa shape index (κ2) is 5.17. The highest BCUT2D eigenvalue weighted by molar-refractivity contribution is 5.67. The fraction of sp³-hybridized carbons (Fsp3) is 0.571. The van der Waals surface area contributed by atoms with E-state index in [1.54, 1.807) is 6.20 Å². The van der Waals surface area contributed by atoms with Gasteiger partial charge in [-0.05, 0) is 37.4 Å². The zero-order chi connectivity index (χ0) is 13.2. The molecule has 2 aromatic heterocycles. The SMILES string of the molecule is CC(C)c1cc2c(NCC3CCNC3)nccn2n1. The van der Waals surface area contributed by atoms with Crippen LogP contribution in [-0.4, -0.2) is 34.2 Å². The molecule has 3 rings (SSSR count). The van der Waals surface area contributed by atoms with Gasteiger partial charge in [0.1, 0.15) is 5.52 Å². The lowest BCUT2D eigenvalue weighted by Gasteiger charge is -2.11. The molecule has 2 N–H and O–H groups in total. The molecule has 2 aromatic rings. The Hall–Kier alpha value is -1.62. The lowest BCUT2D eigenvalue weighted by atomic mass is 10.1. The summed E-state index contributed by atoms with van der Waals surface area (Å²) in [6, 6.07) is 2.13. The summed E-state index contributed by atoms with van der Waals surface area (Å²) in [5.74, 6) is 2.08. The Kier molecular flexibility index (Phi) is 3.38. The Morgan fingerprint density at radius 2 is 2.42 bits per heavy atom. The molecule has 0 bridgehead atoms. The van der Waals surface area contributed by atoms with Gasteiger partial charge in [-0.1, -0.05) is 13.8 Å². The van der Waals surface area contributed by atoms with Crippen LogP contribution in [0.5, 0.6) is 0 Å². The van der Waals surface area contributed by atoms with Crippen LogP contribution in [0.25, 0.3) is 5.52 Å². The Morgan fingerprint density at radius 1 is 1.53 bits per heavy atom. The first-order valence-electron chi connectivity index (χ1n) is 7.03. The topological polar surface area (TPSA) is 54.2 Å². The zero-order valence-corrected chi connectivity index (χ0v) is 11.6. The summed E-state index contributed by atoms with van der Waals surface area (Å²) >= 11 is 0. The van der Waals surface area contributed by atoms with Gasteiger partial charge in [0.2, 0.25) is 0 Å². The Bertz CT molecular complexity index is 554. The summed E-state index contributed by atoms with van der Waals surface area (Å²) in [5.41, 5.74) is 2.18. The van der Waals surface area contributed by atoms with Gasteiger partial charge in [-0.15, -0.1) is 0 Å². The van der Waals surface area contributed by atoms with Crippen LogP contribution in [0.4, 0.5) is 5.82 Å². The number of anilines is 1. The van der Waals surface area contributed by atoms with Crippen LogP contribution < -0.4 is 10.6 Å². The monoisotopic (exact) mass is 259 g/mol. The normalized spacial score (nSPS) is 19.4. The zero-order valence-electron chi connectivity index (χ0n) is 11.6. The molecule has 102 valence electrons. The van der Waals surface area contributed by atoms with Gasteiger partial charge in [0, 0.05) is 18.9 Å². The molecule has 1 fully saturated rings. The summed E-state index contributed by atoms with van der Waals surface area (Å²) in [7, 11) is 0. The molecule has 1 aliphatic rings. The summed E-state index contributed by atoms with van der Waals surface area (Å²) in [6.45, 7) is 7.53. The van der Waals surface area contributed by atoms with E-state index >= 15 is 0 Å². The molecule has 5 heteroatoms. The molecule has 0 aromatic carbocycles. The summed E-state index contributed by atoms with van der Waals surface area (Å²) < 4.78 is 1.91. The molecule has 1 unspecified atom stereocenters. The van der Waals surface area contributed by atoms with Crippen LogP contribution in [0.1, 0.15) is 31.9 Å². The number of nitrogens with zero attached hydrogens (tertiary/aromatic N) is 3. The number of fused-ring (bicyclic) bond motifs is 1. The van der Waals surface area contributed by atoms with E-state index in [0.29, 0.717) is 11.8 Å². The van der Waals surface area contributed by atoms with Gasteiger partial charge in [-0.25, -0.2) is 9.50 Å². The maximum absolute atomic E-state index is 4.58. The van der Waals surface area contributed by atoms with E-state index in [4.69, 9.17) is 0 Å². The highest BCUT2D eigenvalue weighted by Gasteiger charge is 2.15. The predicted octanol–water partition coefficient (Wildman–Crippen LogP) is 1.87. The van der Waals surface area contributed by atoms with Crippen LogP contribution in [0.2, 0.25) is 0 Å². The predicted molar refractivity (Wildman–Crippen MR) is 76.5 cm³/mol. The van der Waals surface area contributed by atoms with Crippen LogP contribution >= 0.6 is 0 Å². The van der Waals surface area contributed by atoms with Gasteiger partial charge >= 0.3 is 0 Å². The lowest BCUT2D eigenvalue weighted by Crippen LogP contribution is -2.18. The minimum atomic E-state index is 0.437. The highest BCUT2D eigenvalue weighted by Crippen LogP contribution is 2.20. The Balaban J connectivity index is 1.81. The number of aromatic nitrogens is 3. The minimum Gasteiger partial charge on any atom is -0.368 e. The minimum absolute atomic E-state index is 0.437. The van der Waals surface area contributed by atoms with Crippen molar-refractivity contribution in [3.63, 3.8) is 0 Å². The van der Waals surface area contributed by atoms with Crippen molar-refractivity contribution in [2.75, 3.05) is 25.0 Å². The largest absolute Gasteiger partial charge is 0.368 e. The molecule has 5 nitrogen and oxygen atoms in total. The van der Waals surface area contributed by atoms with E-state index in [2.05, 4.69) is 40.6 Å². The third-order valence-electron chi connectivity index (χ3n) is 3.72. The Labute approximate surface area is 113 Å². The van der Waals surface area contributed by atoms with Crippen LogP contribution in [0.3, 0.4) is 0 Å². The average molecular weight is 259 g/mol. The third kappa shape index (κ3) is 2.56. The van der Waals surface area contributed by atoms with Crippen LogP contribution in [0, 0.1) is 5.92 Å². The van der Waals surface area contributed by atoms with E-state index < -0.39 is 0 Å². The Morgan fingerprint density at radius 3 is 3.16 bits per heavy atom. The van der Waals surface area contributed by atoms with Gasteiger partial charge in [0.05, 0.1) is 5.69 Å². The summed E-state index contributed by atoms with van der Waals surface area (Å²) in [6.07, 6.45) is 4.95. The highest BCUT2D eigenvalue weighted by atomic mass is 15.2. The number of hydrogen-bond acceptors (Lipinski definition) is 4. The molecule has 0 aliphatic carbocycles. The molecule has 0 radical (unpaired) electrons. The molecule has 1 atom stereocenters. The fourth-order valence-corrected chi connectivity index (χ4v) is 2.49. The first-order valence-corrected chi connectivity index (χ1v) is 7.03. The smallest absolute Gasteiger partial charge is 0.152 e. The van der Waals surface area contributed by atoms with E-state index in [1.165, 1.54) is 6.42 Å². The maximum Gasteiger partial charge on any atom is 0.152 e. The average Bonchev–Trinajstić information content (AvgIpc) is 3.05. The van der Waals surface area contributed by atoms with Crippen molar-refractivity contribution in [2.45, 2.75) is 26.2 Å². The van der Waals surface area contributed by atoms with Crippen molar-refractivity contribution in [1.29, 1.82) is 0 Å². The van der Waals surface area contributed by atoms with E-state index in [1.807, 2.05) is 10.7 Å². The van der Waals surface area contributed by atoms with Gasteiger partial charge in [-0.3, -0.25) is 0 Å². The molecule has 0 spiro atoms. The molecule has 19 heavy (non-hydrogen) atoms. The number of nitrogens with one attached hydrogen (secondary N) is 2. The van der Waals surface area contributed by atoms with Gasteiger partial charge in [0.25, 0.3) is 0 Å². The lowest BCUT2D eigenvalue weighted by molar-refractivity contribution is 0.614. The van der Waals surface area contributed by atoms with Crippen molar-refractivity contribution >= 4 is 11.3 Å². The standard InChI is InChI=1S/C14H21N5/c1-10(2)12-7-13-14(16-5-6-19(13)18-12)17-9-11-3-4-15-8-11/h5-7,10-11,15H,3-4,8-9H2,1-2H3,(H,16,17). The van der Waals surface area contributed by atoms with E-state index in [9.17, 15) is 0 Å². The quantitative estimate of drug-likeness (QED) is 0.880. The first kappa shape index (κ1) is 12.4. The fourth-order valence-electron chi connectivity index (χ4n) is 2.49. The summed E-state index contributed by atoms with van der Waals surface area (Å²) in [5, 5.41) is 11.4. The second-order valence-electron chi connectivity index (χ2n) is 5.57. The second-order valence-corrected chi connectivity index (χ2v) is 5.57. The van der Waals surface area contributed by atoms with Crippen molar-refractivity contribution in [3.8, 4) is 0 Å². The van der Waals surface area contributed by atoms with E-state index in [-0.39, 0.29) is 0 Å². The van der Waals surface area contributed by atoms with E-state index in [0.717, 1.165) is 36.7 Å². The molecule has 0 saturated carbocycles. The maximum atomic E-state index is 4.58. The molecular formula is C14H21N5. The molecular weight excluding hydrogens is 238 g/mol.